The van der Waals surface area contributed by atoms with Gasteiger partial charge in [-0.1, -0.05) is 13.8 Å². The molecule has 0 aliphatic rings. The number of thiazole rings is 1. The monoisotopic (exact) mass is 285 g/mol. The van der Waals surface area contributed by atoms with E-state index in [9.17, 15) is 0 Å². The van der Waals surface area contributed by atoms with E-state index < -0.39 is 0 Å². The normalized spacial score (nSPS) is 13.1. The van der Waals surface area contributed by atoms with Crippen LogP contribution in [0, 0.1) is 0 Å². The lowest BCUT2D eigenvalue weighted by Gasteiger charge is -2.26. The average Bonchev–Trinajstić information content (AvgIpc) is 2.84. The first kappa shape index (κ1) is 16.6. The minimum atomic E-state index is 0.429. The molecule has 0 bridgehead atoms. The molecule has 0 aromatic carbocycles. The molecule has 0 amide bonds. The highest BCUT2D eigenvalue weighted by Crippen LogP contribution is 2.13. The molecule has 0 radical (unpaired) electrons. The highest BCUT2D eigenvalue weighted by molar-refractivity contribution is 7.09. The average molecular weight is 285 g/mol. The topological polar surface area (TPSA) is 37.4 Å². The van der Waals surface area contributed by atoms with Crippen LogP contribution < -0.4 is 5.32 Å². The van der Waals surface area contributed by atoms with E-state index in [4.69, 9.17) is 4.74 Å². The van der Waals surface area contributed by atoms with Crippen molar-refractivity contribution in [1.82, 2.24) is 15.2 Å². The van der Waals surface area contributed by atoms with Crippen molar-refractivity contribution >= 4 is 11.3 Å². The van der Waals surface area contributed by atoms with Crippen LogP contribution in [0.3, 0.4) is 0 Å². The summed E-state index contributed by atoms with van der Waals surface area (Å²) < 4.78 is 5.23. The maximum Gasteiger partial charge on any atom is 0.107 e. The molecule has 1 heterocycles. The SMILES string of the molecule is CCCNCc1nc(CN(CC)C(C)COC)cs1. The molecule has 19 heavy (non-hydrogen) atoms. The van der Waals surface area contributed by atoms with Crippen molar-refractivity contribution in [1.29, 1.82) is 0 Å². The summed E-state index contributed by atoms with van der Waals surface area (Å²) in [6.07, 6.45) is 1.16. The van der Waals surface area contributed by atoms with Crippen LogP contribution in [0.1, 0.15) is 37.9 Å². The summed E-state index contributed by atoms with van der Waals surface area (Å²) in [5.74, 6) is 0. The number of hydrogen-bond donors (Lipinski definition) is 1. The predicted molar refractivity (Wildman–Crippen MR) is 81.5 cm³/mol. The molecule has 0 spiro atoms. The molecule has 0 aliphatic heterocycles. The number of methoxy groups -OCH3 is 1. The van der Waals surface area contributed by atoms with Crippen LogP contribution in [0.2, 0.25) is 0 Å². The summed E-state index contributed by atoms with van der Waals surface area (Å²) in [5.41, 5.74) is 1.17. The van der Waals surface area contributed by atoms with Gasteiger partial charge >= 0.3 is 0 Å². The van der Waals surface area contributed by atoms with Crippen molar-refractivity contribution in [3.05, 3.63) is 16.1 Å². The molecule has 0 aliphatic carbocycles. The zero-order chi connectivity index (χ0) is 14.1. The number of rotatable bonds is 10. The number of ether oxygens (including phenoxy) is 1. The third kappa shape index (κ3) is 5.99. The van der Waals surface area contributed by atoms with Crippen molar-refractivity contribution in [3.8, 4) is 0 Å². The maximum atomic E-state index is 5.23. The molecule has 1 aromatic heterocycles. The van der Waals surface area contributed by atoms with Crippen molar-refractivity contribution in [2.24, 2.45) is 0 Å². The summed E-state index contributed by atoms with van der Waals surface area (Å²) in [6.45, 7) is 11.2. The van der Waals surface area contributed by atoms with Gasteiger partial charge in [0.05, 0.1) is 12.3 Å². The lowest BCUT2D eigenvalue weighted by atomic mass is 10.3. The van der Waals surface area contributed by atoms with Crippen LogP contribution in [0.4, 0.5) is 0 Å². The van der Waals surface area contributed by atoms with Crippen LogP contribution in [0.15, 0.2) is 5.38 Å². The Morgan fingerprint density at radius 3 is 2.89 bits per heavy atom. The minimum Gasteiger partial charge on any atom is -0.383 e. The molecular formula is C14H27N3OS. The lowest BCUT2D eigenvalue weighted by molar-refractivity contribution is 0.0975. The van der Waals surface area contributed by atoms with Crippen LogP contribution >= 0.6 is 11.3 Å². The molecule has 1 N–H and O–H groups in total. The Bertz CT molecular complexity index is 343. The first-order chi connectivity index (χ1) is 9.21. The molecule has 4 nitrogen and oxygen atoms in total. The van der Waals surface area contributed by atoms with Gasteiger partial charge in [-0.2, -0.15) is 0 Å². The highest BCUT2D eigenvalue weighted by Gasteiger charge is 2.13. The van der Waals surface area contributed by atoms with Crippen molar-refractivity contribution in [3.63, 3.8) is 0 Å². The van der Waals surface area contributed by atoms with E-state index in [1.54, 1.807) is 18.4 Å². The van der Waals surface area contributed by atoms with E-state index in [1.165, 1.54) is 10.7 Å². The van der Waals surface area contributed by atoms with Gasteiger partial charge in [-0.25, -0.2) is 4.98 Å². The van der Waals surface area contributed by atoms with Gasteiger partial charge in [-0.3, -0.25) is 4.90 Å². The quantitative estimate of drug-likeness (QED) is 0.670. The van der Waals surface area contributed by atoms with E-state index in [0.717, 1.165) is 39.2 Å². The second kappa shape index (κ2) is 9.42. The Morgan fingerprint density at radius 1 is 1.47 bits per heavy atom. The molecule has 110 valence electrons. The highest BCUT2D eigenvalue weighted by atomic mass is 32.1. The van der Waals surface area contributed by atoms with Gasteiger partial charge in [0.25, 0.3) is 0 Å². The maximum absolute atomic E-state index is 5.23. The Hall–Kier alpha value is -0.490. The van der Waals surface area contributed by atoms with E-state index in [0.29, 0.717) is 6.04 Å². The Labute approximate surface area is 121 Å². The van der Waals surface area contributed by atoms with Gasteiger partial charge in [0.15, 0.2) is 0 Å². The fourth-order valence-electron chi connectivity index (χ4n) is 2.01. The molecule has 1 rings (SSSR count). The van der Waals surface area contributed by atoms with Gasteiger partial charge in [-0.05, 0) is 26.4 Å². The molecule has 0 fully saturated rings. The van der Waals surface area contributed by atoms with E-state index in [1.807, 2.05) is 0 Å². The number of nitrogens with zero attached hydrogens (tertiary/aromatic N) is 2. The zero-order valence-electron chi connectivity index (χ0n) is 12.6. The lowest BCUT2D eigenvalue weighted by Crippen LogP contribution is -2.35. The van der Waals surface area contributed by atoms with Crippen LogP contribution in [0.25, 0.3) is 0 Å². The number of hydrogen-bond acceptors (Lipinski definition) is 5. The molecule has 0 saturated carbocycles. The Morgan fingerprint density at radius 2 is 2.26 bits per heavy atom. The summed E-state index contributed by atoms with van der Waals surface area (Å²) in [4.78, 5) is 7.08. The predicted octanol–water partition coefficient (Wildman–Crippen LogP) is 2.50. The largest absolute Gasteiger partial charge is 0.383 e. The molecular weight excluding hydrogens is 258 g/mol. The molecule has 5 heteroatoms. The minimum absolute atomic E-state index is 0.429. The van der Waals surface area contributed by atoms with Gasteiger partial charge in [-0.15, -0.1) is 11.3 Å². The first-order valence-electron chi connectivity index (χ1n) is 7.08. The van der Waals surface area contributed by atoms with Crippen LogP contribution in [0.5, 0.6) is 0 Å². The molecule has 1 unspecified atom stereocenters. The second-order valence-corrected chi connectivity index (χ2v) is 5.72. The smallest absolute Gasteiger partial charge is 0.107 e. The van der Waals surface area contributed by atoms with Crippen LogP contribution in [-0.2, 0) is 17.8 Å². The van der Waals surface area contributed by atoms with Crippen molar-refractivity contribution in [2.75, 3.05) is 26.8 Å². The standard InChI is InChI=1S/C14H27N3OS/c1-5-7-15-8-14-16-13(11-19-14)9-17(6-2)12(3)10-18-4/h11-12,15H,5-10H2,1-4H3. The number of likely N-dealkylation sites (N-methyl/N-ethyl adjacent to an activating group) is 1. The zero-order valence-corrected chi connectivity index (χ0v) is 13.4. The van der Waals surface area contributed by atoms with Gasteiger partial charge in [0.2, 0.25) is 0 Å². The summed E-state index contributed by atoms with van der Waals surface area (Å²) in [6, 6.07) is 0.429. The number of aromatic nitrogens is 1. The molecule has 1 aromatic rings. The fraction of sp³-hybridized carbons (Fsp3) is 0.786. The van der Waals surface area contributed by atoms with E-state index >= 15 is 0 Å². The summed E-state index contributed by atoms with van der Waals surface area (Å²) >= 11 is 1.75. The van der Waals surface area contributed by atoms with Crippen molar-refractivity contribution < 1.29 is 4.74 Å². The Balaban J connectivity index is 2.46. The van der Waals surface area contributed by atoms with Crippen LogP contribution in [-0.4, -0.2) is 42.7 Å². The first-order valence-corrected chi connectivity index (χ1v) is 7.96. The van der Waals surface area contributed by atoms with Crippen molar-refractivity contribution in [2.45, 2.75) is 46.3 Å². The molecule has 0 saturated heterocycles. The summed E-state index contributed by atoms with van der Waals surface area (Å²) in [5, 5.41) is 6.74. The third-order valence-corrected chi connectivity index (χ3v) is 4.00. The van der Waals surface area contributed by atoms with E-state index in [-0.39, 0.29) is 0 Å². The molecule has 1 atom stereocenters. The third-order valence-electron chi connectivity index (χ3n) is 3.10. The van der Waals surface area contributed by atoms with Gasteiger partial charge < -0.3 is 10.1 Å². The fourth-order valence-corrected chi connectivity index (χ4v) is 2.76. The van der Waals surface area contributed by atoms with Gasteiger partial charge in [0, 0.05) is 31.6 Å². The Kier molecular flexibility index (Phi) is 8.21. The second-order valence-electron chi connectivity index (χ2n) is 4.78. The van der Waals surface area contributed by atoms with Gasteiger partial charge in [0.1, 0.15) is 5.01 Å². The van der Waals surface area contributed by atoms with E-state index in [2.05, 4.69) is 41.4 Å². The summed E-state index contributed by atoms with van der Waals surface area (Å²) in [7, 11) is 1.75. The number of nitrogens with one attached hydrogen (secondary N) is 1.